The molecule has 0 amide bonds. The van der Waals surface area contributed by atoms with E-state index < -0.39 is 11.5 Å². The summed E-state index contributed by atoms with van der Waals surface area (Å²) >= 11 is 0. The standard InChI is InChI=1S/C9H14N4O2/c14-8(15)6-9(4-2-1-3-5-9)13-7-10-11-12-13/h7H,1-6H2,(H,14,15). The van der Waals surface area contributed by atoms with E-state index in [0.29, 0.717) is 0 Å². The van der Waals surface area contributed by atoms with E-state index in [4.69, 9.17) is 5.11 Å². The lowest BCUT2D eigenvalue weighted by atomic mass is 9.79. The molecule has 0 bridgehead atoms. The van der Waals surface area contributed by atoms with Crippen LogP contribution >= 0.6 is 0 Å². The molecule has 0 aromatic carbocycles. The lowest BCUT2D eigenvalue weighted by molar-refractivity contribution is -0.140. The largest absolute Gasteiger partial charge is 0.481 e. The predicted molar refractivity (Wildman–Crippen MR) is 51.1 cm³/mol. The number of carbonyl (C=O) groups is 1. The maximum atomic E-state index is 10.9. The van der Waals surface area contributed by atoms with Gasteiger partial charge in [-0.05, 0) is 23.3 Å². The van der Waals surface area contributed by atoms with E-state index in [1.807, 2.05) is 0 Å². The molecule has 0 atom stereocenters. The predicted octanol–water partition coefficient (Wildman–Crippen LogP) is 0.807. The highest BCUT2D eigenvalue weighted by Gasteiger charge is 2.37. The molecule has 1 aromatic rings. The second-order valence-electron chi connectivity index (χ2n) is 4.11. The van der Waals surface area contributed by atoms with Crippen LogP contribution in [0.25, 0.3) is 0 Å². The van der Waals surface area contributed by atoms with Crippen LogP contribution in [0.15, 0.2) is 6.33 Å². The lowest BCUT2D eigenvalue weighted by Crippen LogP contribution is -2.38. The van der Waals surface area contributed by atoms with Crippen LogP contribution in [0.5, 0.6) is 0 Å². The van der Waals surface area contributed by atoms with Gasteiger partial charge in [-0.15, -0.1) is 5.10 Å². The van der Waals surface area contributed by atoms with Crippen molar-refractivity contribution in [3.05, 3.63) is 6.33 Å². The third-order valence-corrected chi connectivity index (χ3v) is 3.10. The minimum absolute atomic E-state index is 0.109. The summed E-state index contributed by atoms with van der Waals surface area (Å²) in [6.07, 6.45) is 6.60. The van der Waals surface area contributed by atoms with Gasteiger partial charge in [-0.3, -0.25) is 4.79 Å². The van der Waals surface area contributed by atoms with Crippen LogP contribution in [-0.4, -0.2) is 31.3 Å². The topological polar surface area (TPSA) is 80.9 Å². The molecule has 1 aliphatic carbocycles. The first-order valence-electron chi connectivity index (χ1n) is 5.18. The lowest BCUT2D eigenvalue weighted by Gasteiger charge is -2.35. The average molecular weight is 210 g/mol. The summed E-state index contributed by atoms with van der Waals surface area (Å²) in [5.41, 5.74) is -0.395. The first-order chi connectivity index (χ1) is 7.23. The number of hydrogen-bond acceptors (Lipinski definition) is 4. The number of carboxylic acid groups (broad SMARTS) is 1. The molecule has 1 saturated carbocycles. The maximum absolute atomic E-state index is 10.9. The third kappa shape index (κ3) is 1.98. The van der Waals surface area contributed by atoms with E-state index in [1.165, 1.54) is 12.7 Å². The monoisotopic (exact) mass is 210 g/mol. The van der Waals surface area contributed by atoms with Gasteiger partial charge in [0.1, 0.15) is 6.33 Å². The van der Waals surface area contributed by atoms with Crippen LogP contribution in [0.1, 0.15) is 38.5 Å². The Morgan fingerprint density at radius 2 is 2.13 bits per heavy atom. The number of aliphatic carboxylic acids is 1. The van der Waals surface area contributed by atoms with E-state index in [-0.39, 0.29) is 6.42 Å². The van der Waals surface area contributed by atoms with Gasteiger partial charge in [-0.1, -0.05) is 19.3 Å². The minimum atomic E-state index is -0.785. The SMILES string of the molecule is O=C(O)CC1(n2cnnn2)CCCCC1. The molecule has 2 rings (SSSR count). The highest BCUT2D eigenvalue weighted by atomic mass is 16.4. The van der Waals surface area contributed by atoms with E-state index in [9.17, 15) is 4.79 Å². The first-order valence-corrected chi connectivity index (χ1v) is 5.18. The molecule has 1 N–H and O–H groups in total. The number of hydrogen-bond donors (Lipinski definition) is 1. The fourth-order valence-corrected chi connectivity index (χ4v) is 2.36. The van der Waals surface area contributed by atoms with Crippen LogP contribution in [-0.2, 0) is 10.3 Å². The second kappa shape index (κ2) is 3.96. The van der Waals surface area contributed by atoms with Crippen molar-refractivity contribution >= 4 is 5.97 Å². The second-order valence-corrected chi connectivity index (χ2v) is 4.11. The summed E-state index contributed by atoms with van der Waals surface area (Å²) in [4.78, 5) is 10.9. The van der Waals surface area contributed by atoms with Gasteiger partial charge >= 0.3 is 5.97 Å². The van der Waals surface area contributed by atoms with E-state index in [0.717, 1.165) is 25.7 Å². The summed E-state index contributed by atoms with van der Waals surface area (Å²) in [5, 5.41) is 20.0. The van der Waals surface area contributed by atoms with Crippen LogP contribution < -0.4 is 0 Å². The molecule has 0 radical (unpaired) electrons. The van der Waals surface area contributed by atoms with Gasteiger partial charge in [0.05, 0.1) is 12.0 Å². The van der Waals surface area contributed by atoms with Crippen molar-refractivity contribution in [1.29, 1.82) is 0 Å². The van der Waals surface area contributed by atoms with Gasteiger partial charge in [-0.2, -0.15) is 0 Å². The molecule has 1 fully saturated rings. The Morgan fingerprint density at radius 1 is 1.40 bits per heavy atom. The fourth-order valence-electron chi connectivity index (χ4n) is 2.36. The number of rotatable bonds is 3. The van der Waals surface area contributed by atoms with Crippen molar-refractivity contribution in [3.8, 4) is 0 Å². The van der Waals surface area contributed by atoms with E-state index in [1.54, 1.807) is 4.68 Å². The first kappa shape index (κ1) is 10.1. The number of nitrogens with zero attached hydrogens (tertiary/aromatic N) is 4. The van der Waals surface area contributed by atoms with Crippen LogP contribution in [0.3, 0.4) is 0 Å². The molecule has 6 heteroatoms. The van der Waals surface area contributed by atoms with Crippen molar-refractivity contribution < 1.29 is 9.90 Å². The highest BCUT2D eigenvalue weighted by molar-refractivity contribution is 5.68. The zero-order chi connectivity index (χ0) is 10.7. The van der Waals surface area contributed by atoms with Crippen LogP contribution in [0.4, 0.5) is 0 Å². The third-order valence-electron chi connectivity index (χ3n) is 3.10. The Kier molecular flexibility index (Phi) is 2.66. The number of tetrazole rings is 1. The van der Waals surface area contributed by atoms with Crippen molar-refractivity contribution in [2.75, 3.05) is 0 Å². The summed E-state index contributed by atoms with van der Waals surface area (Å²) in [6.45, 7) is 0. The molecule has 0 saturated heterocycles. The van der Waals surface area contributed by atoms with E-state index in [2.05, 4.69) is 15.5 Å². The quantitative estimate of drug-likeness (QED) is 0.798. The molecule has 1 aliphatic rings. The number of carboxylic acids is 1. The zero-order valence-electron chi connectivity index (χ0n) is 8.46. The summed E-state index contributed by atoms with van der Waals surface area (Å²) < 4.78 is 1.63. The molecule has 1 heterocycles. The Balaban J connectivity index is 2.25. The minimum Gasteiger partial charge on any atom is -0.481 e. The van der Waals surface area contributed by atoms with Crippen molar-refractivity contribution in [2.45, 2.75) is 44.1 Å². The van der Waals surface area contributed by atoms with Crippen LogP contribution in [0, 0.1) is 0 Å². The normalized spacial score (nSPS) is 20.0. The van der Waals surface area contributed by atoms with Crippen molar-refractivity contribution in [3.63, 3.8) is 0 Å². The molecule has 1 aromatic heterocycles. The summed E-state index contributed by atoms with van der Waals surface area (Å²) in [7, 11) is 0. The molecule has 0 spiro atoms. The number of aromatic nitrogens is 4. The molecule has 0 unspecified atom stereocenters. The van der Waals surface area contributed by atoms with Gasteiger partial charge < -0.3 is 5.11 Å². The Hall–Kier alpha value is -1.46. The van der Waals surface area contributed by atoms with Gasteiger partial charge in [0.15, 0.2) is 0 Å². The zero-order valence-corrected chi connectivity index (χ0v) is 8.46. The smallest absolute Gasteiger partial charge is 0.305 e. The molecule has 15 heavy (non-hydrogen) atoms. The molecule has 6 nitrogen and oxygen atoms in total. The van der Waals surface area contributed by atoms with Gasteiger partial charge in [0.2, 0.25) is 0 Å². The molecule has 0 aliphatic heterocycles. The molecular formula is C9H14N4O2. The van der Waals surface area contributed by atoms with Gasteiger partial charge in [-0.25, -0.2) is 4.68 Å². The summed E-state index contributed by atoms with van der Waals surface area (Å²) in [6, 6.07) is 0. The van der Waals surface area contributed by atoms with Crippen molar-refractivity contribution in [2.24, 2.45) is 0 Å². The highest BCUT2D eigenvalue weighted by Crippen LogP contribution is 2.36. The Morgan fingerprint density at radius 3 is 2.67 bits per heavy atom. The van der Waals surface area contributed by atoms with Gasteiger partial charge in [0, 0.05) is 0 Å². The average Bonchev–Trinajstić information content (AvgIpc) is 2.71. The summed E-state index contributed by atoms with van der Waals surface area (Å²) in [5.74, 6) is -0.785. The van der Waals surface area contributed by atoms with Gasteiger partial charge in [0.25, 0.3) is 0 Å². The molecule has 82 valence electrons. The molecular weight excluding hydrogens is 196 g/mol. The Bertz CT molecular complexity index is 330. The van der Waals surface area contributed by atoms with Crippen molar-refractivity contribution in [1.82, 2.24) is 20.2 Å². The van der Waals surface area contributed by atoms with E-state index >= 15 is 0 Å². The Labute approximate surface area is 87.3 Å². The maximum Gasteiger partial charge on any atom is 0.305 e. The van der Waals surface area contributed by atoms with Crippen LogP contribution in [0.2, 0.25) is 0 Å². The fraction of sp³-hybridized carbons (Fsp3) is 0.778.